The molecule has 0 fully saturated rings. The highest BCUT2D eigenvalue weighted by atomic mass is 16.1. The third-order valence-corrected chi connectivity index (χ3v) is 5.36. The second-order valence-corrected chi connectivity index (χ2v) is 7.17. The van der Waals surface area contributed by atoms with Crippen molar-refractivity contribution in [2.24, 2.45) is 0 Å². The Morgan fingerprint density at radius 3 is 2.19 bits per heavy atom. The van der Waals surface area contributed by atoms with Crippen molar-refractivity contribution < 1.29 is 14.2 Å². The van der Waals surface area contributed by atoms with Gasteiger partial charge in [0.15, 0.2) is 0 Å². The third-order valence-electron chi connectivity index (χ3n) is 5.36. The number of nitrogens with zero attached hydrogens (tertiary/aromatic N) is 2. The van der Waals surface area contributed by atoms with Crippen LogP contribution in [0, 0.1) is 6.92 Å². The molecule has 1 aliphatic carbocycles. The summed E-state index contributed by atoms with van der Waals surface area (Å²) >= 11 is 0. The monoisotopic (exact) mass is 353 g/mol. The Morgan fingerprint density at radius 2 is 1.54 bits per heavy atom. The molecule has 0 N–H and O–H groups in total. The lowest BCUT2D eigenvalue weighted by atomic mass is 9.90. The first-order chi connectivity index (χ1) is 12.6. The van der Waals surface area contributed by atoms with Crippen molar-refractivity contribution in [1.29, 1.82) is 0 Å². The molecule has 2 aromatic rings. The average molecular weight is 353 g/mol. The van der Waals surface area contributed by atoms with Crippen LogP contribution in [0.25, 0.3) is 0 Å². The number of ketones is 2. The molecule has 0 aliphatic heterocycles. The van der Waals surface area contributed by atoms with Crippen LogP contribution in [0.4, 0.5) is 0 Å². The Labute approximate surface area is 155 Å². The topological polar surface area (TPSA) is 43.0 Å². The Balaban J connectivity index is 2.08. The largest absolute Gasteiger partial charge is 0.284 e. The van der Waals surface area contributed by atoms with Gasteiger partial charge < -0.3 is 0 Å². The van der Waals surface area contributed by atoms with Gasteiger partial charge in [0.2, 0.25) is 23.0 Å². The molecule has 1 aromatic carbocycles. The number of aromatic nitrogens is 2. The van der Waals surface area contributed by atoms with Crippen molar-refractivity contribution in [3.8, 4) is 0 Å². The predicted octanol–water partition coefficient (Wildman–Crippen LogP) is 4.24. The van der Waals surface area contributed by atoms with Gasteiger partial charge in [0.1, 0.15) is 0 Å². The van der Waals surface area contributed by atoms with Crippen molar-refractivity contribution in [2.45, 2.75) is 72.4 Å². The van der Waals surface area contributed by atoms with Crippen LogP contribution in [0.3, 0.4) is 0 Å². The third kappa shape index (κ3) is 3.13. The Kier molecular flexibility index (Phi) is 5.70. The summed E-state index contributed by atoms with van der Waals surface area (Å²) in [5.41, 5.74) is 2.27. The fourth-order valence-electron chi connectivity index (χ4n) is 3.88. The van der Waals surface area contributed by atoms with Crippen LogP contribution >= 0.6 is 0 Å². The second kappa shape index (κ2) is 7.98. The minimum Gasteiger partial charge on any atom is -0.284 e. The van der Waals surface area contributed by atoms with Gasteiger partial charge in [-0.3, -0.25) is 9.59 Å². The van der Waals surface area contributed by atoms with Gasteiger partial charge in [0.05, 0.1) is 13.1 Å². The van der Waals surface area contributed by atoms with Gasteiger partial charge in [-0.15, -0.1) is 0 Å². The van der Waals surface area contributed by atoms with Crippen LogP contribution in [0.2, 0.25) is 0 Å². The molecule has 0 saturated heterocycles. The van der Waals surface area contributed by atoms with Gasteiger partial charge in [-0.05, 0) is 19.3 Å². The highest BCUT2D eigenvalue weighted by Gasteiger charge is 2.42. The summed E-state index contributed by atoms with van der Waals surface area (Å²) in [5, 5.41) is 0. The zero-order valence-corrected chi connectivity index (χ0v) is 16.2. The molecule has 138 valence electrons. The summed E-state index contributed by atoms with van der Waals surface area (Å²) in [6.07, 6.45) is 6.63. The van der Waals surface area contributed by atoms with E-state index in [0.29, 0.717) is 22.5 Å². The molecule has 1 aromatic heterocycles. The number of rotatable bonds is 8. The number of unbranched alkanes of at least 4 members (excludes halogenated alkanes) is 4. The van der Waals surface area contributed by atoms with Crippen molar-refractivity contribution in [2.75, 3.05) is 0 Å². The van der Waals surface area contributed by atoms with Crippen molar-refractivity contribution >= 4 is 11.6 Å². The van der Waals surface area contributed by atoms with E-state index in [1.54, 1.807) is 12.1 Å². The fraction of sp³-hybridized carbons (Fsp3) is 0.500. The zero-order chi connectivity index (χ0) is 18.7. The number of fused-ring (bicyclic) bond motifs is 2. The Bertz CT molecular complexity index is 833. The minimum atomic E-state index is -0.0123. The smallest absolute Gasteiger partial charge is 0.254 e. The SMILES string of the molecule is CCCCCC[n+]1c2c(n(CCCC)c1C)C(=O)c1ccccc1C2=O. The van der Waals surface area contributed by atoms with E-state index in [0.717, 1.165) is 44.6 Å². The van der Waals surface area contributed by atoms with Crippen molar-refractivity contribution in [3.63, 3.8) is 0 Å². The molecule has 0 bridgehead atoms. The molecule has 0 amide bonds. The maximum absolute atomic E-state index is 13.2. The van der Waals surface area contributed by atoms with Gasteiger partial charge in [0.25, 0.3) is 5.82 Å². The average Bonchev–Trinajstić information content (AvgIpc) is 2.94. The molecule has 0 atom stereocenters. The Hall–Kier alpha value is -2.23. The highest BCUT2D eigenvalue weighted by molar-refractivity contribution is 6.26. The van der Waals surface area contributed by atoms with Crippen LogP contribution < -0.4 is 4.57 Å². The lowest BCUT2D eigenvalue weighted by Gasteiger charge is -2.12. The van der Waals surface area contributed by atoms with E-state index in [4.69, 9.17) is 0 Å². The maximum Gasteiger partial charge on any atom is 0.254 e. The summed E-state index contributed by atoms with van der Waals surface area (Å²) in [6, 6.07) is 7.22. The summed E-state index contributed by atoms with van der Waals surface area (Å²) in [6.45, 7) is 7.97. The number of imidazole rings is 1. The second-order valence-electron chi connectivity index (χ2n) is 7.17. The molecular formula is C22H29N2O2+. The van der Waals surface area contributed by atoms with Gasteiger partial charge in [-0.25, -0.2) is 9.13 Å². The quantitative estimate of drug-likeness (QED) is 0.449. The molecule has 0 unspecified atom stereocenters. The summed E-state index contributed by atoms with van der Waals surface area (Å²) in [7, 11) is 0. The highest BCUT2D eigenvalue weighted by Crippen LogP contribution is 2.27. The van der Waals surface area contributed by atoms with E-state index in [1.807, 2.05) is 19.1 Å². The molecular weight excluding hydrogens is 324 g/mol. The Morgan fingerprint density at radius 1 is 0.885 bits per heavy atom. The van der Waals surface area contributed by atoms with Crippen LogP contribution in [0.5, 0.6) is 0 Å². The first-order valence-electron chi connectivity index (χ1n) is 9.93. The van der Waals surface area contributed by atoms with E-state index in [9.17, 15) is 9.59 Å². The van der Waals surface area contributed by atoms with Crippen molar-refractivity contribution in [3.05, 3.63) is 52.6 Å². The van der Waals surface area contributed by atoms with E-state index in [-0.39, 0.29) is 11.6 Å². The summed E-state index contributed by atoms with van der Waals surface area (Å²) in [4.78, 5) is 26.4. The van der Waals surface area contributed by atoms with Crippen LogP contribution in [-0.4, -0.2) is 16.1 Å². The predicted molar refractivity (Wildman–Crippen MR) is 102 cm³/mol. The van der Waals surface area contributed by atoms with Gasteiger partial charge in [-0.1, -0.05) is 57.4 Å². The number of hydrogen-bond donors (Lipinski definition) is 0. The molecule has 0 saturated carbocycles. The normalized spacial score (nSPS) is 13.0. The molecule has 26 heavy (non-hydrogen) atoms. The number of carbonyl (C=O) groups excluding carboxylic acids is 2. The summed E-state index contributed by atoms with van der Waals surface area (Å²) < 4.78 is 4.17. The maximum atomic E-state index is 13.2. The molecule has 1 aliphatic rings. The summed E-state index contributed by atoms with van der Waals surface area (Å²) in [5.74, 6) is 1.00. The molecule has 4 heteroatoms. The van der Waals surface area contributed by atoms with E-state index in [1.165, 1.54) is 12.8 Å². The fourth-order valence-corrected chi connectivity index (χ4v) is 3.88. The van der Waals surface area contributed by atoms with Gasteiger partial charge >= 0.3 is 0 Å². The van der Waals surface area contributed by atoms with Crippen LogP contribution in [0.1, 0.15) is 90.3 Å². The zero-order valence-electron chi connectivity index (χ0n) is 16.2. The molecule has 1 heterocycles. The first kappa shape index (κ1) is 18.6. The van der Waals surface area contributed by atoms with Gasteiger partial charge in [0, 0.05) is 18.1 Å². The van der Waals surface area contributed by atoms with Crippen molar-refractivity contribution in [1.82, 2.24) is 4.57 Å². The van der Waals surface area contributed by atoms with E-state index < -0.39 is 0 Å². The molecule has 3 rings (SSSR count). The number of benzene rings is 1. The van der Waals surface area contributed by atoms with Crippen LogP contribution in [0.15, 0.2) is 24.3 Å². The number of hydrogen-bond acceptors (Lipinski definition) is 2. The molecule has 0 radical (unpaired) electrons. The van der Waals surface area contributed by atoms with Crippen LogP contribution in [-0.2, 0) is 13.1 Å². The first-order valence-corrected chi connectivity index (χ1v) is 9.93. The lowest BCUT2D eigenvalue weighted by molar-refractivity contribution is -0.704. The molecule has 4 nitrogen and oxygen atoms in total. The molecule has 0 spiro atoms. The minimum absolute atomic E-state index is 0.0101. The number of carbonyl (C=O) groups is 2. The van der Waals surface area contributed by atoms with Gasteiger partial charge in [-0.2, -0.15) is 0 Å². The lowest BCUT2D eigenvalue weighted by Crippen LogP contribution is -2.43. The van der Waals surface area contributed by atoms with E-state index >= 15 is 0 Å². The standard InChI is InChI=1S/C22H29N2O2/c1-4-6-8-11-15-24-16(3)23(14-7-5-2)19-20(24)22(26)18-13-10-9-12-17(18)21(19)25/h9-10,12-13H,4-8,11,14-15H2,1-3H3/q+1. The van der Waals surface area contributed by atoms with E-state index in [2.05, 4.69) is 23.0 Å².